The van der Waals surface area contributed by atoms with E-state index in [-0.39, 0.29) is 21.4 Å². The molecule has 3 nitrogen and oxygen atoms in total. The van der Waals surface area contributed by atoms with Crippen molar-refractivity contribution >= 4 is 29.2 Å². The van der Waals surface area contributed by atoms with E-state index in [0.29, 0.717) is 6.61 Å². The lowest BCUT2D eigenvalue weighted by Gasteiger charge is -2.11. The van der Waals surface area contributed by atoms with Gasteiger partial charge in [-0.15, -0.1) is 0 Å². The zero-order valence-electron chi connectivity index (χ0n) is 9.50. The van der Waals surface area contributed by atoms with E-state index in [9.17, 15) is 4.79 Å². The van der Waals surface area contributed by atoms with Crippen molar-refractivity contribution in [1.82, 2.24) is 0 Å². The predicted molar refractivity (Wildman–Crippen MR) is 68.4 cm³/mol. The maximum atomic E-state index is 11.0. The third kappa shape index (κ3) is 4.10. The molecule has 0 aliphatic heterocycles. The molecule has 0 heterocycles. The van der Waals surface area contributed by atoms with Crippen LogP contribution in [0, 0.1) is 0 Å². The van der Waals surface area contributed by atoms with Crippen molar-refractivity contribution < 1.29 is 14.6 Å². The Morgan fingerprint density at radius 1 is 1.35 bits per heavy atom. The Balaban J connectivity index is 2.85. The number of carboxylic acid groups (broad SMARTS) is 1. The molecule has 0 spiro atoms. The molecule has 0 saturated carbocycles. The number of benzene rings is 1. The summed E-state index contributed by atoms with van der Waals surface area (Å²) in [5.74, 6) is -0.903. The van der Waals surface area contributed by atoms with Gasteiger partial charge in [-0.05, 0) is 18.6 Å². The van der Waals surface area contributed by atoms with Gasteiger partial charge < -0.3 is 9.84 Å². The monoisotopic (exact) mass is 276 g/mol. The fourth-order valence-corrected chi connectivity index (χ4v) is 1.94. The van der Waals surface area contributed by atoms with Crippen molar-refractivity contribution in [3.05, 3.63) is 27.7 Å². The van der Waals surface area contributed by atoms with Crippen LogP contribution >= 0.6 is 23.2 Å². The lowest BCUT2D eigenvalue weighted by molar-refractivity contribution is 0.0692. The average molecular weight is 277 g/mol. The standard InChI is InChI=1S/C12H14Cl2O3/c1-2-3-4-5-17-11-9(12(15)16)6-8(13)7-10(11)14/h6-7H,2-5H2,1H3,(H,15,16). The minimum atomic E-state index is -1.10. The van der Waals surface area contributed by atoms with Gasteiger partial charge >= 0.3 is 5.97 Å². The average Bonchev–Trinajstić information content (AvgIpc) is 2.25. The van der Waals surface area contributed by atoms with Crippen LogP contribution in [0.2, 0.25) is 10.0 Å². The highest BCUT2D eigenvalue weighted by Gasteiger charge is 2.16. The molecule has 0 amide bonds. The van der Waals surface area contributed by atoms with Crippen molar-refractivity contribution in [3.63, 3.8) is 0 Å². The fourth-order valence-electron chi connectivity index (χ4n) is 1.39. The van der Waals surface area contributed by atoms with Crippen molar-refractivity contribution in [2.75, 3.05) is 6.61 Å². The van der Waals surface area contributed by atoms with Crippen LogP contribution in [0.25, 0.3) is 0 Å². The molecule has 0 bridgehead atoms. The number of halogens is 2. The maximum Gasteiger partial charge on any atom is 0.339 e. The van der Waals surface area contributed by atoms with E-state index in [1.54, 1.807) is 0 Å². The molecule has 17 heavy (non-hydrogen) atoms. The summed E-state index contributed by atoms with van der Waals surface area (Å²) in [7, 11) is 0. The summed E-state index contributed by atoms with van der Waals surface area (Å²) < 4.78 is 5.41. The van der Waals surface area contributed by atoms with Gasteiger partial charge in [0.05, 0.1) is 11.6 Å². The first kappa shape index (κ1) is 14.1. The number of hydrogen-bond donors (Lipinski definition) is 1. The first-order valence-corrected chi connectivity index (χ1v) is 6.17. The Labute approximate surface area is 110 Å². The number of unbranched alkanes of at least 4 members (excludes halogenated alkanes) is 2. The summed E-state index contributed by atoms with van der Waals surface area (Å²) in [6.07, 6.45) is 2.98. The van der Waals surface area contributed by atoms with Gasteiger partial charge in [0.15, 0.2) is 5.75 Å². The van der Waals surface area contributed by atoms with Crippen LogP contribution in [0.3, 0.4) is 0 Å². The maximum absolute atomic E-state index is 11.0. The summed E-state index contributed by atoms with van der Waals surface area (Å²) in [5, 5.41) is 9.53. The Morgan fingerprint density at radius 3 is 2.65 bits per heavy atom. The molecule has 0 atom stereocenters. The third-order valence-electron chi connectivity index (χ3n) is 2.23. The lowest BCUT2D eigenvalue weighted by atomic mass is 10.2. The molecule has 0 fully saturated rings. The van der Waals surface area contributed by atoms with E-state index in [1.165, 1.54) is 12.1 Å². The van der Waals surface area contributed by atoms with Crippen LogP contribution < -0.4 is 4.74 Å². The fraction of sp³-hybridized carbons (Fsp3) is 0.417. The van der Waals surface area contributed by atoms with Gasteiger partial charge in [-0.1, -0.05) is 43.0 Å². The van der Waals surface area contributed by atoms with Crippen molar-refractivity contribution in [3.8, 4) is 5.75 Å². The SMILES string of the molecule is CCCCCOc1c(Cl)cc(Cl)cc1C(=O)O. The summed E-state index contributed by atoms with van der Waals surface area (Å²) in [6, 6.07) is 2.82. The van der Waals surface area contributed by atoms with Gasteiger partial charge in [0, 0.05) is 5.02 Å². The van der Waals surface area contributed by atoms with E-state index in [1.807, 2.05) is 0 Å². The minimum absolute atomic E-state index is 0.000927. The number of carboxylic acids is 1. The summed E-state index contributed by atoms with van der Waals surface area (Å²) in [6.45, 7) is 2.54. The smallest absolute Gasteiger partial charge is 0.339 e. The largest absolute Gasteiger partial charge is 0.491 e. The zero-order valence-corrected chi connectivity index (χ0v) is 11.0. The van der Waals surface area contributed by atoms with E-state index in [0.717, 1.165) is 19.3 Å². The molecule has 1 rings (SSSR count). The zero-order chi connectivity index (χ0) is 12.8. The van der Waals surface area contributed by atoms with Crippen molar-refractivity contribution in [2.24, 2.45) is 0 Å². The molecule has 0 aliphatic carbocycles. The van der Waals surface area contributed by atoms with E-state index < -0.39 is 5.97 Å². The Kier molecular flexibility index (Phi) is 5.59. The molecule has 0 aliphatic rings. The van der Waals surface area contributed by atoms with Crippen LogP contribution in [0.5, 0.6) is 5.75 Å². The number of rotatable bonds is 6. The second-order valence-corrected chi connectivity index (χ2v) is 4.47. The number of carbonyl (C=O) groups is 1. The molecule has 94 valence electrons. The molecular weight excluding hydrogens is 263 g/mol. The van der Waals surface area contributed by atoms with E-state index >= 15 is 0 Å². The van der Waals surface area contributed by atoms with E-state index in [4.69, 9.17) is 33.0 Å². The minimum Gasteiger partial charge on any atom is -0.491 e. The van der Waals surface area contributed by atoms with Crippen LogP contribution in [0.4, 0.5) is 0 Å². The van der Waals surface area contributed by atoms with Crippen LogP contribution in [-0.2, 0) is 0 Å². The van der Waals surface area contributed by atoms with Crippen molar-refractivity contribution in [1.29, 1.82) is 0 Å². The molecule has 1 aromatic rings. The van der Waals surface area contributed by atoms with Gasteiger partial charge in [-0.3, -0.25) is 0 Å². The molecule has 1 aromatic carbocycles. The molecule has 0 aromatic heterocycles. The molecule has 0 unspecified atom stereocenters. The van der Waals surface area contributed by atoms with Crippen molar-refractivity contribution in [2.45, 2.75) is 26.2 Å². The normalized spacial score (nSPS) is 10.3. The Bertz CT molecular complexity index is 405. The highest BCUT2D eigenvalue weighted by molar-refractivity contribution is 6.36. The molecule has 5 heteroatoms. The molecule has 0 saturated heterocycles. The van der Waals surface area contributed by atoms with Crippen LogP contribution in [0.15, 0.2) is 12.1 Å². The first-order valence-electron chi connectivity index (χ1n) is 5.41. The van der Waals surface area contributed by atoms with Gasteiger partial charge in [0.2, 0.25) is 0 Å². The predicted octanol–water partition coefficient (Wildman–Crippen LogP) is 4.26. The Morgan fingerprint density at radius 2 is 2.06 bits per heavy atom. The molecule has 1 N–H and O–H groups in total. The second-order valence-electron chi connectivity index (χ2n) is 3.63. The first-order chi connectivity index (χ1) is 8.06. The number of aromatic carboxylic acids is 1. The second kappa shape index (κ2) is 6.72. The van der Waals surface area contributed by atoms with Gasteiger partial charge in [0.1, 0.15) is 5.56 Å². The number of ether oxygens (including phenoxy) is 1. The van der Waals surface area contributed by atoms with Crippen LogP contribution in [0.1, 0.15) is 36.5 Å². The Hall–Kier alpha value is -0.930. The van der Waals surface area contributed by atoms with Gasteiger partial charge in [-0.2, -0.15) is 0 Å². The quantitative estimate of drug-likeness (QED) is 0.790. The summed E-state index contributed by atoms with van der Waals surface area (Å²) in [5.41, 5.74) is -0.000927. The third-order valence-corrected chi connectivity index (χ3v) is 2.73. The summed E-state index contributed by atoms with van der Waals surface area (Å²) >= 11 is 11.7. The molecular formula is C12H14Cl2O3. The molecule has 0 radical (unpaired) electrons. The highest BCUT2D eigenvalue weighted by Crippen LogP contribution is 2.32. The van der Waals surface area contributed by atoms with Gasteiger partial charge in [-0.25, -0.2) is 4.79 Å². The van der Waals surface area contributed by atoms with E-state index in [2.05, 4.69) is 6.92 Å². The number of hydrogen-bond acceptors (Lipinski definition) is 2. The topological polar surface area (TPSA) is 46.5 Å². The highest BCUT2D eigenvalue weighted by atomic mass is 35.5. The van der Waals surface area contributed by atoms with Crippen LogP contribution in [-0.4, -0.2) is 17.7 Å². The lowest BCUT2D eigenvalue weighted by Crippen LogP contribution is -2.05. The van der Waals surface area contributed by atoms with Gasteiger partial charge in [0.25, 0.3) is 0 Å². The summed E-state index contributed by atoms with van der Waals surface area (Å²) in [4.78, 5) is 11.0.